The minimum absolute atomic E-state index is 0. The fraction of sp³-hybridized carbons (Fsp3) is 1.00. The molecule has 2 unspecified atom stereocenters. The maximum Gasteiger partial charge on any atom is 0.149 e. The SMILES string of the molecule is C.CCC1CO1.CCO.CCOCOCO.CCOCOCO.OCC1CO1. The highest BCUT2D eigenvalue weighted by molar-refractivity contribution is 4.65. The molecular weight excluding hydrogens is 376 g/mol. The van der Waals surface area contributed by atoms with Gasteiger partial charge in [0.25, 0.3) is 0 Å². The molecule has 10 heteroatoms. The Morgan fingerprint density at radius 2 is 1.07 bits per heavy atom. The van der Waals surface area contributed by atoms with Gasteiger partial charge in [-0.3, -0.25) is 0 Å². The smallest absolute Gasteiger partial charge is 0.149 e. The van der Waals surface area contributed by atoms with Crippen molar-refractivity contribution in [1.29, 1.82) is 0 Å². The van der Waals surface area contributed by atoms with Crippen molar-refractivity contribution in [3.63, 3.8) is 0 Å². The number of hydrogen-bond donors (Lipinski definition) is 4. The van der Waals surface area contributed by atoms with Gasteiger partial charge in [-0.1, -0.05) is 14.4 Å². The summed E-state index contributed by atoms with van der Waals surface area (Å²) in [5.41, 5.74) is 0. The van der Waals surface area contributed by atoms with Crippen LogP contribution in [0.2, 0.25) is 0 Å². The van der Waals surface area contributed by atoms with Crippen LogP contribution < -0.4 is 0 Å². The quantitative estimate of drug-likeness (QED) is 0.226. The molecule has 2 aliphatic heterocycles. The van der Waals surface area contributed by atoms with E-state index in [1.54, 1.807) is 6.92 Å². The molecule has 2 rings (SSSR count). The van der Waals surface area contributed by atoms with Gasteiger partial charge in [-0.05, 0) is 27.2 Å². The van der Waals surface area contributed by atoms with Crippen LogP contribution in [-0.2, 0) is 28.4 Å². The second kappa shape index (κ2) is 34.1. The molecule has 0 saturated carbocycles. The summed E-state index contributed by atoms with van der Waals surface area (Å²) in [6.45, 7) is 10.9. The summed E-state index contributed by atoms with van der Waals surface area (Å²) in [6, 6.07) is 0. The van der Waals surface area contributed by atoms with Gasteiger partial charge in [0.2, 0.25) is 0 Å². The first kappa shape index (κ1) is 35.1. The predicted molar refractivity (Wildman–Crippen MR) is 106 cm³/mol. The molecule has 0 amide bonds. The Kier molecular flexibility index (Phi) is 42.7. The maximum atomic E-state index is 8.08. The second-order valence-corrected chi connectivity index (χ2v) is 4.71. The summed E-state index contributed by atoms with van der Waals surface area (Å²) < 4.78 is 27.7. The predicted octanol–water partition coefficient (Wildman–Crippen LogP) is 0.701. The van der Waals surface area contributed by atoms with Crippen molar-refractivity contribution in [2.45, 2.75) is 53.8 Å². The molecule has 0 aromatic carbocycles. The Balaban J connectivity index is -0.000000130. The van der Waals surface area contributed by atoms with Gasteiger partial charge in [0.1, 0.15) is 33.3 Å². The van der Waals surface area contributed by atoms with Crippen LogP contribution in [0.1, 0.15) is 41.5 Å². The Hall–Kier alpha value is -0.400. The first-order valence-electron chi connectivity index (χ1n) is 9.08. The van der Waals surface area contributed by atoms with Crippen LogP contribution in [0.3, 0.4) is 0 Å². The Morgan fingerprint density at radius 1 is 0.714 bits per heavy atom. The molecule has 0 radical (unpaired) electrons. The topological polar surface area (TPSA) is 143 Å². The third kappa shape index (κ3) is 50.0. The van der Waals surface area contributed by atoms with Gasteiger partial charge in [-0.15, -0.1) is 0 Å². The van der Waals surface area contributed by atoms with Crippen molar-refractivity contribution < 1.29 is 48.8 Å². The van der Waals surface area contributed by atoms with Crippen molar-refractivity contribution >= 4 is 0 Å². The number of aliphatic hydroxyl groups is 4. The van der Waals surface area contributed by atoms with Gasteiger partial charge >= 0.3 is 0 Å². The average molecular weight is 421 g/mol. The number of epoxide rings is 2. The van der Waals surface area contributed by atoms with E-state index >= 15 is 0 Å². The lowest BCUT2D eigenvalue weighted by Crippen LogP contribution is -1.99. The maximum absolute atomic E-state index is 8.08. The van der Waals surface area contributed by atoms with Gasteiger partial charge in [0.05, 0.1) is 25.9 Å². The highest BCUT2D eigenvalue weighted by Gasteiger charge is 2.19. The van der Waals surface area contributed by atoms with Gasteiger partial charge < -0.3 is 48.8 Å². The molecular formula is C18H44O10. The number of aliphatic hydroxyl groups excluding tert-OH is 4. The number of rotatable bonds is 10. The summed E-state index contributed by atoms with van der Waals surface area (Å²) in [7, 11) is 0. The lowest BCUT2D eigenvalue weighted by Gasteiger charge is -1.96. The molecule has 0 aliphatic carbocycles. The number of ether oxygens (including phenoxy) is 6. The van der Waals surface area contributed by atoms with E-state index in [0.29, 0.717) is 19.3 Å². The highest BCUT2D eigenvalue weighted by atomic mass is 16.7. The monoisotopic (exact) mass is 420 g/mol. The standard InChI is InChI=1S/2C4H10O3.C4H8O.C3H6O2.C2H6O.CH4/c2*1-2-6-4-7-3-5;1-2-4-3-5-4;4-1-3-2-5-3;1-2-3;/h2*5H,2-4H2,1H3;4H,2-3H2,1H3;3-4H,1-2H2;3H,2H2,1H3;1H4. The Bertz CT molecular complexity index is 196. The van der Waals surface area contributed by atoms with Crippen LogP contribution >= 0.6 is 0 Å². The second-order valence-electron chi connectivity index (χ2n) is 4.71. The zero-order valence-electron chi connectivity index (χ0n) is 17.2. The van der Waals surface area contributed by atoms with E-state index in [1.165, 1.54) is 6.42 Å². The molecule has 2 aliphatic rings. The fourth-order valence-electron chi connectivity index (χ4n) is 0.836. The molecule has 4 N–H and O–H groups in total. The summed E-state index contributed by atoms with van der Waals surface area (Å²) in [6.07, 6.45) is 2.02. The molecule has 10 nitrogen and oxygen atoms in total. The van der Waals surface area contributed by atoms with Crippen molar-refractivity contribution in [3.05, 3.63) is 0 Å². The van der Waals surface area contributed by atoms with Gasteiger partial charge in [-0.2, -0.15) is 0 Å². The zero-order chi connectivity index (χ0) is 21.2. The first-order chi connectivity index (χ1) is 13.1. The van der Waals surface area contributed by atoms with E-state index < -0.39 is 0 Å². The third-order valence-corrected chi connectivity index (χ3v) is 2.39. The summed E-state index contributed by atoms with van der Waals surface area (Å²) >= 11 is 0. The lowest BCUT2D eigenvalue weighted by molar-refractivity contribution is -0.105. The Morgan fingerprint density at radius 3 is 1.18 bits per heavy atom. The van der Waals surface area contributed by atoms with Crippen molar-refractivity contribution in [2.75, 3.05) is 66.8 Å². The summed E-state index contributed by atoms with van der Waals surface area (Å²) in [5.74, 6) is 0. The van der Waals surface area contributed by atoms with Crippen LogP contribution in [0.15, 0.2) is 0 Å². The molecule has 176 valence electrons. The number of hydrogen-bond acceptors (Lipinski definition) is 10. The van der Waals surface area contributed by atoms with Crippen molar-refractivity contribution in [1.82, 2.24) is 0 Å². The molecule has 28 heavy (non-hydrogen) atoms. The first-order valence-corrected chi connectivity index (χ1v) is 9.08. The van der Waals surface area contributed by atoms with Crippen LogP contribution in [0.4, 0.5) is 0 Å². The lowest BCUT2D eigenvalue weighted by atomic mass is 10.4. The van der Waals surface area contributed by atoms with Gasteiger partial charge in [-0.25, -0.2) is 0 Å². The summed E-state index contributed by atoms with van der Waals surface area (Å²) in [5, 5.41) is 31.6. The third-order valence-electron chi connectivity index (χ3n) is 2.39. The van der Waals surface area contributed by atoms with Crippen LogP contribution in [0.5, 0.6) is 0 Å². The summed E-state index contributed by atoms with van der Waals surface area (Å²) in [4.78, 5) is 0. The molecule has 2 saturated heterocycles. The van der Waals surface area contributed by atoms with E-state index in [2.05, 4.69) is 21.1 Å². The highest BCUT2D eigenvalue weighted by Crippen LogP contribution is 2.10. The Labute approximate surface area is 170 Å². The van der Waals surface area contributed by atoms with E-state index in [1.807, 2.05) is 13.8 Å². The minimum Gasteiger partial charge on any atom is -0.397 e. The van der Waals surface area contributed by atoms with Crippen LogP contribution in [0, 0.1) is 0 Å². The van der Waals surface area contributed by atoms with E-state index in [4.69, 9.17) is 34.6 Å². The molecule has 0 spiro atoms. The van der Waals surface area contributed by atoms with Crippen molar-refractivity contribution in [3.8, 4) is 0 Å². The van der Waals surface area contributed by atoms with Crippen molar-refractivity contribution in [2.24, 2.45) is 0 Å². The van der Waals surface area contributed by atoms with E-state index in [0.717, 1.165) is 13.2 Å². The van der Waals surface area contributed by atoms with Gasteiger partial charge in [0.15, 0.2) is 0 Å². The van der Waals surface area contributed by atoms with Crippen LogP contribution in [-0.4, -0.2) is 99.4 Å². The molecule has 0 bridgehead atoms. The normalized spacial score (nSPS) is 17.6. The van der Waals surface area contributed by atoms with E-state index in [9.17, 15) is 0 Å². The average Bonchev–Trinajstić information content (AvgIpc) is 3.59. The molecule has 2 heterocycles. The van der Waals surface area contributed by atoms with Crippen LogP contribution in [0.25, 0.3) is 0 Å². The molecule has 2 atom stereocenters. The molecule has 0 aromatic rings. The minimum atomic E-state index is -0.264. The zero-order valence-corrected chi connectivity index (χ0v) is 17.2. The molecule has 0 aromatic heterocycles. The van der Waals surface area contributed by atoms with Gasteiger partial charge in [0, 0.05) is 19.8 Å². The largest absolute Gasteiger partial charge is 0.397 e. The molecule has 2 fully saturated rings. The van der Waals surface area contributed by atoms with E-state index in [-0.39, 0.29) is 53.9 Å². The fourth-order valence-corrected chi connectivity index (χ4v) is 0.836.